The van der Waals surface area contributed by atoms with Crippen LogP contribution in [-0.2, 0) is 16.5 Å². The summed E-state index contributed by atoms with van der Waals surface area (Å²) in [6.07, 6.45) is 4.64. The van der Waals surface area contributed by atoms with Gasteiger partial charge in [0.25, 0.3) is 10.1 Å². The molecule has 1 aliphatic rings. The van der Waals surface area contributed by atoms with Gasteiger partial charge in [-0.05, 0) is 65.9 Å². The lowest BCUT2D eigenvalue weighted by Gasteiger charge is -2.12. The molecule has 4 aromatic rings. The van der Waals surface area contributed by atoms with E-state index in [0.29, 0.717) is 28.7 Å². The molecular weight excluding hydrogens is 510 g/mol. The van der Waals surface area contributed by atoms with Crippen LogP contribution < -0.4 is 9.64 Å². The van der Waals surface area contributed by atoms with E-state index in [9.17, 15) is 13.0 Å². The van der Waals surface area contributed by atoms with Crippen LogP contribution in [-0.4, -0.2) is 25.8 Å². The molecule has 0 bridgehead atoms. The Morgan fingerprint density at radius 3 is 2.57 bits per heavy atom. The first-order valence-corrected chi connectivity index (χ1v) is 13.9. The van der Waals surface area contributed by atoms with Crippen molar-refractivity contribution in [1.82, 2.24) is 0 Å². The zero-order valence-corrected chi connectivity index (χ0v) is 22.0. The summed E-state index contributed by atoms with van der Waals surface area (Å²) < 4.78 is 44.9. The van der Waals surface area contributed by atoms with Crippen LogP contribution in [0.15, 0.2) is 88.7 Å². The number of halogens is 1. The predicted molar refractivity (Wildman–Crippen MR) is 149 cm³/mol. The maximum Gasteiger partial charge on any atom is 0.265 e. The van der Waals surface area contributed by atoms with Crippen molar-refractivity contribution in [3.8, 4) is 16.9 Å². The monoisotopic (exact) mass is 535 g/mol. The van der Waals surface area contributed by atoms with E-state index in [1.807, 2.05) is 91.7 Å². The Bertz CT molecular complexity index is 1640. The van der Waals surface area contributed by atoms with E-state index < -0.39 is 15.9 Å². The van der Waals surface area contributed by atoms with Gasteiger partial charge in [-0.15, -0.1) is 0 Å². The highest BCUT2D eigenvalue weighted by atomic mass is 35.5. The molecule has 1 N–H and O–H groups in total. The van der Waals surface area contributed by atoms with Gasteiger partial charge < -0.3 is 14.1 Å². The molecule has 0 saturated carbocycles. The van der Waals surface area contributed by atoms with Gasteiger partial charge in [0.05, 0.1) is 11.4 Å². The fraction of sp³-hybridized carbons (Fsp3) is 0.172. The van der Waals surface area contributed by atoms with E-state index in [-0.39, 0.29) is 6.42 Å². The first-order valence-electron chi connectivity index (χ1n) is 11.9. The summed E-state index contributed by atoms with van der Waals surface area (Å²) in [5, 5.41) is 1.44. The van der Waals surface area contributed by atoms with Gasteiger partial charge in [0, 0.05) is 29.1 Å². The Labute approximate surface area is 221 Å². The molecule has 0 atom stereocenters. The Kier molecular flexibility index (Phi) is 6.86. The Morgan fingerprint density at radius 1 is 1.05 bits per heavy atom. The van der Waals surface area contributed by atoms with Crippen LogP contribution in [0, 0.1) is 0 Å². The second-order valence-corrected chi connectivity index (χ2v) is 10.9. The fourth-order valence-corrected chi connectivity index (χ4v) is 5.05. The normalized spacial score (nSPS) is 14.9. The molecule has 0 radical (unpaired) electrons. The van der Waals surface area contributed by atoms with Crippen LogP contribution in [0.4, 0.5) is 5.69 Å². The lowest BCUT2D eigenvalue weighted by atomic mass is 10.0. The Hall–Kier alpha value is -3.52. The minimum atomic E-state index is -4.15. The first-order chi connectivity index (χ1) is 17.7. The van der Waals surface area contributed by atoms with Crippen molar-refractivity contribution in [1.29, 1.82) is 0 Å². The van der Waals surface area contributed by atoms with Crippen molar-refractivity contribution in [2.45, 2.75) is 19.8 Å². The number of hydrogen-bond acceptors (Lipinski definition) is 5. The molecule has 8 heteroatoms. The third kappa shape index (κ3) is 5.44. The molecule has 0 fully saturated rings. The number of hydrogen-bond donors (Lipinski definition) is 1. The molecule has 0 spiro atoms. The van der Waals surface area contributed by atoms with Gasteiger partial charge >= 0.3 is 0 Å². The fourth-order valence-electron chi connectivity index (χ4n) is 4.42. The SMILES string of the molecule is CCC(=C/c1oc2ccc(-c3ccccc3)cc2c1CCS(=O)(=O)O)/C=C1/Oc2ccc(Cl)cc2N1C. The minimum absolute atomic E-state index is 0.115. The lowest BCUT2D eigenvalue weighted by Crippen LogP contribution is -2.13. The third-order valence-electron chi connectivity index (χ3n) is 6.40. The van der Waals surface area contributed by atoms with Crippen LogP contribution in [0.3, 0.4) is 0 Å². The summed E-state index contributed by atoms with van der Waals surface area (Å²) in [5.74, 6) is 1.52. The Morgan fingerprint density at radius 2 is 1.84 bits per heavy atom. The summed E-state index contributed by atoms with van der Waals surface area (Å²) in [5.41, 5.74) is 5.22. The number of furan rings is 1. The zero-order valence-electron chi connectivity index (χ0n) is 20.4. The predicted octanol–water partition coefficient (Wildman–Crippen LogP) is 7.35. The second kappa shape index (κ2) is 10.1. The zero-order chi connectivity index (χ0) is 26.2. The number of rotatable bonds is 7. The molecule has 6 nitrogen and oxygen atoms in total. The highest BCUT2D eigenvalue weighted by molar-refractivity contribution is 7.85. The van der Waals surface area contributed by atoms with Crippen LogP contribution in [0.5, 0.6) is 5.75 Å². The third-order valence-corrected chi connectivity index (χ3v) is 7.36. The first kappa shape index (κ1) is 25.1. The highest BCUT2D eigenvalue weighted by Gasteiger charge is 2.24. The van der Waals surface area contributed by atoms with Crippen molar-refractivity contribution >= 4 is 44.5 Å². The molecule has 5 rings (SSSR count). The Balaban J connectivity index is 1.57. The summed E-state index contributed by atoms with van der Waals surface area (Å²) in [6, 6.07) is 21.3. The van der Waals surface area contributed by atoms with Crippen LogP contribution in [0.25, 0.3) is 28.2 Å². The molecule has 190 valence electrons. The number of nitrogens with zero attached hydrogens (tertiary/aromatic N) is 1. The van der Waals surface area contributed by atoms with Crippen molar-refractivity contribution in [2.24, 2.45) is 0 Å². The number of fused-ring (bicyclic) bond motifs is 2. The van der Waals surface area contributed by atoms with Crippen LogP contribution in [0.1, 0.15) is 24.7 Å². The summed E-state index contributed by atoms with van der Waals surface area (Å²) >= 11 is 6.16. The maximum atomic E-state index is 11.6. The van der Waals surface area contributed by atoms with E-state index in [1.165, 1.54) is 0 Å². The van der Waals surface area contributed by atoms with E-state index >= 15 is 0 Å². The molecular formula is C29H26ClNO5S. The summed E-state index contributed by atoms with van der Waals surface area (Å²) in [6.45, 7) is 2.02. The molecule has 1 aliphatic heterocycles. The van der Waals surface area contributed by atoms with Gasteiger partial charge in [-0.1, -0.05) is 54.9 Å². The maximum absolute atomic E-state index is 11.6. The van der Waals surface area contributed by atoms with E-state index in [0.717, 1.165) is 39.1 Å². The largest absolute Gasteiger partial charge is 0.456 e. The number of ether oxygens (including phenoxy) is 1. The molecule has 0 amide bonds. The average Bonchev–Trinajstić information content (AvgIpc) is 3.38. The van der Waals surface area contributed by atoms with E-state index in [4.69, 9.17) is 20.8 Å². The topological polar surface area (TPSA) is 80.0 Å². The number of aryl methyl sites for hydroxylation is 1. The van der Waals surface area contributed by atoms with Gasteiger partial charge in [0.1, 0.15) is 11.3 Å². The number of allylic oxidation sites excluding steroid dienone is 2. The summed E-state index contributed by atoms with van der Waals surface area (Å²) in [7, 11) is -2.25. The van der Waals surface area contributed by atoms with Gasteiger partial charge in [-0.3, -0.25) is 4.55 Å². The molecule has 0 unspecified atom stereocenters. The van der Waals surface area contributed by atoms with E-state index in [1.54, 1.807) is 6.07 Å². The van der Waals surface area contributed by atoms with Gasteiger partial charge in [0.15, 0.2) is 5.75 Å². The quantitative estimate of drug-likeness (QED) is 0.249. The molecule has 2 heterocycles. The second-order valence-electron chi connectivity index (χ2n) is 8.89. The van der Waals surface area contributed by atoms with Gasteiger partial charge in [-0.2, -0.15) is 8.42 Å². The molecule has 0 aliphatic carbocycles. The van der Waals surface area contributed by atoms with Crippen molar-refractivity contribution < 1.29 is 22.1 Å². The number of benzene rings is 3. The summed E-state index contributed by atoms with van der Waals surface area (Å²) in [4.78, 5) is 1.93. The number of anilines is 1. The molecule has 3 aromatic carbocycles. The molecule has 37 heavy (non-hydrogen) atoms. The lowest BCUT2D eigenvalue weighted by molar-refractivity contribution is 0.443. The van der Waals surface area contributed by atoms with Crippen molar-refractivity contribution in [2.75, 3.05) is 17.7 Å². The van der Waals surface area contributed by atoms with Gasteiger partial charge in [0.2, 0.25) is 5.88 Å². The molecule has 0 saturated heterocycles. The molecule has 1 aromatic heterocycles. The van der Waals surface area contributed by atoms with E-state index in [2.05, 4.69) is 0 Å². The van der Waals surface area contributed by atoms with Crippen LogP contribution >= 0.6 is 11.6 Å². The smallest absolute Gasteiger partial charge is 0.265 e. The van der Waals surface area contributed by atoms with Gasteiger partial charge in [-0.25, -0.2) is 0 Å². The van der Waals surface area contributed by atoms with Crippen molar-refractivity contribution in [3.63, 3.8) is 0 Å². The minimum Gasteiger partial charge on any atom is -0.456 e. The highest BCUT2D eigenvalue weighted by Crippen LogP contribution is 2.40. The average molecular weight is 536 g/mol. The standard InChI is InChI=1S/C29H26ClNO5S/c1-3-19(16-29-31(2)25-18-22(30)10-12-27(25)36-29)15-28-23(13-14-37(32,33)34)24-17-21(9-11-26(24)35-28)20-7-5-4-6-8-20/h4-12,15-18H,3,13-14H2,1-2H3,(H,32,33,34)/b19-15-,29-16+. The van der Waals surface area contributed by atoms with Crippen LogP contribution in [0.2, 0.25) is 5.02 Å². The van der Waals surface area contributed by atoms with Crippen molar-refractivity contribution in [3.05, 3.63) is 101 Å².